The summed E-state index contributed by atoms with van der Waals surface area (Å²) in [7, 11) is 1.67. The molecule has 0 amide bonds. The first-order chi connectivity index (χ1) is 9.74. The fourth-order valence-corrected chi connectivity index (χ4v) is 1.45. The van der Waals surface area contributed by atoms with Crippen LogP contribution in [-0.2, 0) is 14.3 Å². The number of carbonyl (C=O) groups is 1. The Morgan fingerprint density at radius 2 is 1.86 bits per heavy atom. The van der Waals surface area contributed by atoms with Crippen molar-refractivity contribution in [3.63, 3.8) is 0 Å². The van der Waals surface area contributed by atoms with Crippen LogP contribution in [0.3, 0.4) is 0 Å². The second-order valence-corrected chi connectivity index (χ2v) is 6.26. The summed E-state index contributed by atoms with van der Waals surface area (Å²) in [5.74, 6) is 0.844. The monoisotopic (exact) mass is 429 g/mol. The van der Waals surface area contributed by atoms with E-state index in [9.17, 15) is 4.79 Å². The van der Waals surface area contributed by atoms with Crippen molar-refractivity contribution in [1.82, 2.24) is 10.6 Å². The Balaban J connectivity index is 0. The van der Waals surface area contributed by atoms with Crippen molar-refractivity contribution >= 4 is 35.9 Å². The fraction of sp³-hybridized carbons (Fsp3) is 0.867. The van der Waals surface area contributed by atoms with Gasteiger partial charge >= 0.3 is 5.97 Å². The first-order valence-electron chi connectivity index (χ1n) is 7.48. The van der Waals surface area contributed by atoms with E-state index in [1.54, 1.807) is 7.05 Å². The van der Waals surface area contributed by atoms with Crippen molar-refractivity contribution in [3.05, 3.63) is 0 Å². The Labute approximate surface area is 151 Å². The molecule has 0 unspecified atom stereocenters. The summed E-state index contributed by atoms with van der Waals surface area (Å²) in [4.78, 5) is 15.6. The summed E-state index contributed by atoms with van der Waals surface area (Å²) >= 11 is 0. The molecule has 0 aliphatic rings. The molecule has 22 heavy (non-hydrogen) atoms. The normalized spacial score (nSPS) is 11.9. The number of hydrogen-bond donors (Lipinski definition) is 2. The van der Waals surface area contributed by atoms with Gasteiger partial charge in [-0.1, -0.05) is 13.8 Å². The first kappa shape index (κ1) is 23.7. The average molecular weight is 429 g/mol. The molecule has 0 saturated heterocycles. The van der Waals surface area contributed by atoms with E-state index in [-0.39, 0.29) is 36.5 Å². The summed E-state index contributed by atoms with van der Waals surface area (Å²) < 4.78 is 10.7. The van der Waals surface area contributed by atoms with Crippen LogP contribution in [0.5, 0.6) is 0 Å². The highest BCUT2D eigenvalue weighted by Gasteiger charge is 2.16. The number of aliphatic imine (C=N–C) groups is 1. The third-order valence-electron chi connectivity index (χ3n) is 2.25. The second-order valence-electron chi connectivity index (χ2n) is 6.26. The Morgan fingerprint density at radius 1 is 1.23 bits per heavy atom. The molecular weight excluding hydrogens is 397 g/mol. The molecule has 0 heterocycles. The number of ether oxygens (including phenoxy) is 2. The summed E-state index contributed by atoms with van der Waals surface area (Å²) in [5, 5.41) is 6.05. The number of halogens is 1. The molecule has 0 radical (unpaired) electrons. The zero-order valence-electron chi connectivity index (χ0n) is 14.7. The maximum Gasteiger partial charge on any atom is 0.325 e. The molecule has 0 spiro atoms. The van der Waals surface area contributed by atoms with E-state index >= 15 is 0 Å². The van der Waals surface area contributed by atoms with Crippen LogP contribution >= 0.6 is 24.0 Å². The zero-order chi connectivity index (χ0) is 16.3. The van der Waals surface area contributed by atoms with Crippen molar-refractivity contribution in [1.29, 1.82) is 0 Å². The van der Waals surface area contributed by atoms with Crippen LogP contribution in [0.25, 0.3) is 0 Å². The molecule has 0 aromatic rings. The predicted molar refractivity (Wildman–Crippen MR) is 101 cm³/mol. The number of rotatable bonds is 8. The largest absolute Gasteiger partial charge is 0.459 e. The van der Waals surface area contributed by atoms with Gasteiger partial charge in [0.05, 0.1) is 0 Å². The average Bonchev–Trinajstić information content (AvgIpc) is 2.34. The van der Waals surface area contributed by atoms with Crippen molar-refractivity contribution in [2.45, 2.75) is 46.6 Å². The number of guanidine groups is 1. The van der Waals surface area contributed by atoms with Gasteiger partial charge in [-0.25, -0.2) is 0 Å². The third kappa shape index (κ3) is 15.8. The van der Waals surface area contributed by atoms with Crippen molar-refractivity contribution in [2.75, 3.05) is 33.4 Å². The van der Waals surface area contributed by atoms with Crippen LogP contribution in [0.15, 0.2) is 4.99 Å². The van der Waals surface area contributed by atoms with Crippen LogP contribution in [-0.4, -0.2) is 50.9 Å². The highest BCUT2D eigenvalue weighted by Crippen LogP contribution is 2.06. The first-order valence-corrected chi connectivity index (χ1v) is 7.48. The third-order valence-corrected chi connectivity index (χ3v) is 2.25. The minimum absolute atomic E-state index is 0. The van der Waals surface area contributed by atoms with Gasteiger partial charge in [0.1, 0.15) is 12.1 Å². The Bertz CT molecular complexity index is 328. The Kier molecular flexibility index (Phi) is 13.9. The molecule has 0 aliphatic carbocycles. The quantitative estimate of drug-likeness (QED) is 0.204. The van der Waals surface area contributed by atoms with E-state index in [4.69, 9.17) is 9.47 Å². The molecule has 0 rings (SSSR count). The molecule has 0 aliphatic heterocycles. The summed E-state index contributed by atoms with van der Waals surface area (Å²) in [5.41, 5.74) is -0.469. The lowest BCUT2D eigenvalue weighted by Crippen LogP contribution is -2.42. The SMILES string of the molecule is CN=C(NCCCOCC(C)C)NCC(=O)OC(C)(C)C.I. The van der Waals surface area contributed by atoms with Crippen molar-refractivity contribution in [3.8, 4) is 0 Å². The van der Waals surface area contributed by atoms with Gasteiger partial charge in [0.2, 0.25) is 0 Å². The molecule has 0 fully saturated rings. The van der Waals surface area contributed by atoms with E-state index < -0.39 is 5.60 Å². The van der Waals surface area contributed by atoms with Gasteiger partial charge < -0.3 is 20.1 Å². The molecule has 2 N–H and O–H groups in total. The van der Waals surface area contributed by atoms with E-state index in [2.05, 4.69) is 29.5 Å². The molecule has 132 valence electrons. The van der Waals surface area contributed by atoms with Crippen LogP contribution in [0.2, 0.25) is 0 Å². The molecule has 6 nitrogen and oxygen atoms in total. The van der Waals surface area contributed by atoms with Crippen LogP contribution in [0, 0.1) is 5.92 Å². The summed E-state index contributed by atoms with van der Waals surface area (Å²) in [6.45, 7) is 12.1. The maximum atomic E-state index is 11.6. The number of nitrogens with zero attached hydrogens (tertiary/aromatic N) is 1. The van der Waals surface area contributed by atoms with Gasteiger partial charge in [-0.2, -0.15) is 0 Å². The van der Waals surface area contributed by atoms with Crippen LogP contribution in [0.4, 0.5) is 0 Å². The lowest BCUT2D eigenvalue weighted by molar-refractivity contribution is -0.153. The molecule has 0 aromatic heterocycles. The van der Waals surface area contributed by atoms with Gasteiger partial charge in [0.25, 0.3) is 0 Å². The molecule has 0 aromatic carbocycles. The van der Waals surface area contributed by atoms with Crippen LogP contribution < -0.4 is 10.6 Å². The fourth-order valence-electron chi connectivity index (χ4n) is 1.45. The van der Waals surface area contributed by atoms with E-state index in [0.717, 1.165) is 19.6 Å². The zero-order valence-corrected chi connectivity index (χ0v) is 17.0. The van der Waals surface area contributed by atoms with E-state index in [0.29, 0.717) is 18.5 Å². The highest BCUT2D eigenvalue weighted by atomic mass is 127. The molecule has 0 saturated carbocycles. The Morgan fingerprint density at radius 3 is 2.36 bits per heavy atom. The van der Waals surface area contributed by atoms with E-state index in [1.807, 2.05) is 20.8 Å². The molecular formula is C15H32IN3O3. The van der Waals surface area contributed by atoms with Crippen LogP contribution in [0.1, 0.15) is 41.0 Å². The number of esters is 1. The van der Waals surface area contributed by atoms with E-state index in [1.165, 1.54) is 0 Å². The second kappa shape index (κ2) is 12.9. The lowest BCUT2D eigenvalue weighted by Gasteiger charge is -2.20. The molecule has 7 heteroatoms. The number of hydrogen-bond acceptors (Lipinski definition) is 4. The van der Waals surface area contributed by atoms with Gasteiger partial charge in [-0.3, -0.25) is 9.79 Å². The van der Waals surface area contributed by atoms with Gasteiger partial charge in [-0.15, -0.1) is 24.0 Å². The number of carbonyl (C=O) groups excluding carboxylic acids is 1. The summed E-state index contributed by atoms with van der Waals surface area (Å²) in [6, 6.07) is 0. The lowest BCUT2D eigenvalue weighted by atomic mass is 10.2. The highest BCUT2D eigenvalue weighted by molar-refractivity contribution is 14.0. The van der Waals surface area contributed by atoms with Crippen molar-refractivity contribution < 1.29 is 14.3 Å². The smallest absolute Gasteiger partial charge is 0.325 e. The standard InChI is InChI=1S/C15H31N3O3.HI/c1-12(2)11-20-9-7-8-17-14(16-6)18-10-13(19)21-15(3,4)5;/h12H,7-11H2,1-6H3,(H2,16,17,18);1H. The molecule has 0 atom stereocenters. The Hall–Kier alpha value is -0.570. The van der Waals surface area contributed by atoms with Gasteiger partial charge in [-0.05, 0) is 33.1 Å². The van der Waals surface area contributed by atoms with Crippen molar-refractivity contribution in [2.24, 2.45) is 10.9 Å². The molecule has 0 bridgehead atoms. The minimum atomic E-state index is -0.469. The topological polar surface area (TPSA) is 72.0 Å². The maximum absolute atomic E-state index is 11.6. The predicted octanol–water partition coefficient (Wildman–Crippen LogP) is 2.17. The van der Waals surface area contributed by atoms with Gasteiger partial charge in [0, 0.05) is 26.8 Å². The summed E-state index contributed by atoms with van der Waals surface area (Å²) in [6.07, 6.45) is 0.889. The minimum Gasteiger partial charge on any atom is -0.459 e. The van der Waals surface area contributed by atoms with Gasteiger partial charge in [0.15, 0.2) is 5.96 Å². The number of nitrogens with one attached hydrogen (secondary N) is 2.